The standard InChI is InChI=1S/C17H29N3O4/c1-6-12-7-8-13(10-24-15(18)23)17(9-12,19-11(2)21)14(22)20-16(3,4)5/h6,12-13H,1,7-10H2,2-5H3,(H2,18,23)(H,19,21)(H,20,22). The van der Waals surface area contributed by atoms with Crippen LogP contribution in [-0.2, 0) is 14.3 Å². The van der Waals surface area contributed by atoms with E-state index in [1.807, 2.05) is 20.8 Å². The molecular weight excluding hydrogens is 310 g/mol. The molecule has 0 aromatic carbocycles. The fourth-order valence-electron chi connectivity index (χ4n) is 3.21. The number of amides is 3. The van der Waals surface area contributed by atoms with E-state index in [0.717, 1.165) is 6.42 Å². The van der Waals surface area contributed by atoms with E-state index in [4.69, 9.17) is 10.5 Å². The minimum absolute atomic E-state index is 0.0168. The lowest BCUT2D eigenvalue weighted by Crippen LogP contribution is -2.67. The van der Waals surface area contributed by atoms with Crippen LogP contribution in [0.25, 0.3) is 0 Å². The van der Waals surface area contributed by atoms with Crippen molar-refractivity contribution >= 4 is 17.9 Å². The van der Waals surface area contributed by atoms with Crippen molar-refractivity contribution in [1.29, 1.82) is 0 Å². The van der Waals surface area contributed by atoms with Gasteiger partial charge in [-0.2, -0.15) is 0 Å². The Kier molecular flexibility index (Phi) is 6.40. The van der Waals surface area contributed by atoms with Crippen LogP contribution in [-0.4, -0.2) is 35.6 Å². The van der Waals surface area contributed by atoms with Crippen molar-refractivity contribution in [3.05, 3.63) is 12.7 Å². The summed E-state index contributed by atoms with van der Waals surface area (Å²) in [5.74, 6) is -0.859. The molecule has 1 aliphatic carbocycles. The number of nitrogens with one attached hydrogen (secondary N) is 2. The van der Waals surface area contributed by atoms with E-state index >= 15 is 0 Å². The lowest BCUT2D eigenvalue weighted by molar-refractivity contribution is -0.140. The molecule has 1 fully saturated rings. The maximum atomic E-state index is 13.1. The van der Waals surface area contributed by atoms with Crippen LogP contribution in [0, 0.1) is 11.8 Å². The number of ether oxygens (including phenoxy) is 1. The highest BCUT2D eigenvalue weighted by molar-refractivity contribution is 5.92. The third kappa shape index (κ3) is 5.25. The highest BCUT2D eigenvalue weighted by atomic mass is 16.5. The molecule has 0 heterocycles. The zero-order valence-electron chi connectivity index (χ0n) is 15.0. The van der Waals surface area contributed by atoms with Gasteiger partial charge in [0.15, 0.2) is 0 Å². The average Bonchev–Trinajstić information content (AvgIpc) is 2.43. The fraction of sp³-hybridized carbons (Fsp3) is 0.706. The Bertz CT molecular complexity index is 512. The number of rotatable bonds is 5. The van der Waals surface area contributed by atoms with E-state index in [0.29, 0.717) is 12.8 Å². The number of nitrogens with two attached hydrogens (primary N) is 1. The van der Waals surface area contributed by atoms with Crippen molar-refractivity contribution in [1.82, 2.24) is 10.6 Å². The Morgan fingerprint density at radius 2 is 1.96 bits per heavy atom. The van der Waals surface area contributed by atoms with E-state index in [1.54, 1.807) is 6.08 Å². The molecule has 3 atom stereocenters. The van der Waals surface area contributed by atoms with Crippen molar-refractivity contribution in [2.45, 2.75) is 58.0 Å². The molecule has 0 aromatic rings. The molecule has 7 nitrogen and oxygen atoms in total. The molecule has 0 saturated heterocycles. The molecule has 0 spiro atoms. The summed E-state index contributed by atoms with van der Waals surface area (Å²) in [7, 11) is 0. The Morgan fingerprint density at radius 1 is 1.33 bits per heavy atom. The fourth-order valence-corrected chi connectivity index (χ4v) is 3.21. The molecule has 24 heavy (non-hydrogen) atoms. The number of hydrogen-bond acceptors (Lipinski definition) is 4. The molecule has 0 aromatic heterocycles. The van der Waals surface area contributed by atoms with Crippen LogP contribution in [0.3, 0.4) is 0 Å². The van der Waals surface area contributed by atoms with E-state index in [1.165, 1.54) is 6.92 Å². The van der Waals surface area contributed by atoms with Gasteiger partial charge in [0.2, 0.25) is 11.8 Å². The summed E-state index contributed by atoms with van der Waals surface area (Å²) in [6.07, 6.45) is 2.73. The van der Waals surface area contributed by atoms with Crippen LogP contribution in [0.1, 0.15) is 47.0 Å². The summed E-state index contributed by atoms with van der Waals surface area (Å²) in [5.41, 5.74) is 3.44. The normalized spacial score (nSPS) is 27.0. The average molecular weight is 339 g/mol. The van der Waals surface area contributed by atoms with Crippen molar-refractivity contribution < 1.29 is 19.1 Å². The summed E-state index contributed by atoms with van der Waals surface area (Å²) >= 11 is 0. The predicted molar refractivity (Wildman–Crippen MR) is 91.0 cm³/mol. The van der Waals surface area contributed by atoms with E-state index in [9.17, 15) is 14.4 Å². The van der Waals surface area contributed by atoms with Gasteiger partial charge in [-0.1, -0.05) is 6.08 Å². The van der Waals surface area contributed by atoms with Crippen molar-refractivity contribution in [2.24, 2.45) is 17.6 Å². The van der Waals surface area contributed by atoms with Gasteiger partial charge in [0, 0.05) is 18.4 Å². The minimum Gasteiger partial charge on any atom is -0.449 e. The number of allylic oxidation sites excluding steroid dienone is 1. The molecule has 1 aliphatic rings. The van der Waals surface area contributed by atoms with E-state index in [-0.39, 0.29) is 30.3 Å². The van der Waals surface area contributed by atoms with Crippen LogP contribution >= 0.6 is 0 Å². The van der Waals surface area contributed by atoms with Gasteiger partial charge in [-0.25, -0.2) is 4.79 Å². The smallest absolute Gasteiger partial charge is 0.404 e. The Morgan fingerprint density at radius 3 is 2.42 bits per heavy atom. The molecular formula is C17H29N3O4. The Labute approximate surface area is 143 Å². The molecule has 1 rings (SSSR count). The van der Waals surface area contributed by atoms with Crippen molar-refractivity contribution in [3.63, 3.8) is 0 Å². The zero-order valence-corrected chi connectivity index (χ0v) is 15.0. The summed E-state index contributed by atoms with van der Waals surface area (Å²) in [6, 6.07) is 0. The summed E-state index contributed by atoms with van der Waals surface area (Å²) in [4.78, 5) is 35.9. The largest absolute Gasteiger partial charge is 0.449 e. The van der Waals surface area contributed by atoms with Crippen LogP contribution in [0.2, 0.25) is 0 Å². The Hall–Kier alpha value is -2.05. The van der Waals surface area contributed by atoms with Crippen LogP contribution in [0.15, 0.2) is 12.7 Å². The van der Waals surface area contributed by atoms with E-state index < -0.39 is 17.2 Å². The first kappa shape index (κ1) is 20.0. The van der Waals surface area contributed by atoms with Crippen molar-refractivity contribution in [3.8, 4) is 0 Å². The summed E-state index contributed by atoms with van der Waals surface area (Å²) in [5, 5.41) is 5.76. The third-order valence-electron chi connectivity index (χ3n) is 4.22. The molecule has 136 valence electrons. The molecule has 3 unspecified atom stereocenters. The first-order chi connectivity index (χ1) is 11.0. The van der Waals surface area contributed by atoms with Gasteiger partial charge in [0.05, 0.1) is 6.61 Å². The second-order valence-corrected chi connectivity index (χ2v) is 7.46. The molecule has 3 amide bonds. The molecule has 0 radical (unpaired) electrons. The molecule has 7 heteroatoms. The summed E-state index contributed by atoms with van der Waals surface area (Å²) < 4.78 is 4.95. The van der Waals surface area contributed by atoms with Crippen LogP contribution in [0.4, 0.5) is 4.79 Å². The second kappa shape index (κ2) is 7.68. The van der Waals surface area contributed by atoms with Gasteiger partial charge in [0.1, 0.15) is 5.54 Å². The lowest BCUT2D eigenvalue weighted by Gasteiger charge is -2.46. The predicted octanol–water partition coefficient (Wildman–Crippen LogP) is 1.47. The quantitative estimate of drug-likeness (QED) is 0.659. The highest BCUT2D eigenvalue weighted by Gasteiger charge is 2.51. The van der Waals surface area contributed by atoms with Crippen LogP contribution in [0.5, 0.6) is 0 Å². The monoisotopic (exact) mass is 339 g/mol. The zero-order chi connectivity index (χ0) is 18.5. The van der Waals surface area contributed by atoms with Gasteiger partial charge in [0.25, 0.3) is 0 Å². The van der Waals surface area contributed by atoms with E-state index in [2.05, 4.69) is 17.2 Å². The number of carbonyl (C=O) groups is 3. The summed E-state index contributed by atoms with van der Waals surface area (Å²) in [6.45, 7) is 10.8. The lowest BCUT2D eigenvalue weighted by atomic mass is 9.67. The maximum absolute atomic E-state index is 13.1. The van der Waals surface area contributed by atoms with Gasteiger partial charge >= 0.3 is 6.09 Å². The molecule has 0 bridgehead atoms. The first-order valence-corrected chi connectivity index (χ1v) is 8.16. The van der Waals surface area contributed by atoms with Gasteiger partial charge in [-0.3, -0.25) is 9.59 Å². The first-order valence-electron chi connectivity index (χ1n) is 8.16. The molecule has 4 N–H and O–H groups in total. The number of primary amides is 1. The second-order valence-electron chi connectivity index (χ2n) is 7.46. The Balaban J connectivity index is 3.21. The SMILES string of the molecule is C=CC1CCC(COC(N)=O)C(NC(C)=O)(C(=O)NC(C)(C)C)C1. The number of carbonyl (C=O) groups excluding carboxylic acids is 3. The minimum atomic E-state index is -1.16. The van der Waals surface area contributed by atoms with Gasteiger partial charge in [-0.15, -0.1) is 6.58 Å². The molecule has 1 saturated carbocycles. The highest BCUT2D eigenvalue weighted by Crippen LogP contribution is 2.39. The maximum Gasteiger partial charge on any atom is 0.404 e. The third-order valence-corrected chi connectivity index (χ3v) is 4.22. The van der Waals surface area contributed by atoms with Crippen molar-refractivity contribution in [2.75, 3.05) is 6.61 Å². The topological polar surface area (TPSA) is 111 Å². The molecule has 0 aliphatic heterocycles. The van der Waals surface area contributed by atoms with Gasteiger partial charge in [-0.05, 0) is 46.0 Å². The number of hydrogen-bond donors (Lipinski definition) is 3. The van der Waals surface area contributed by atoms with Gasteiger partial charge < -0.3 is 21.1 Å². The van der Waals surface area contributed by atoms with Crippen LogP contribution < -0.4 is 16.4 Å².